The predicted octanol–water partition coefficient (Wildman–Crippen LogP) is 5.64. The maximum Gasteiger partial charge on any atom is 0.408 e. The summed E-state index contributed by atoms with van der Waals surface area (Å²) in [7, 11) is 0. The van der Waals surface area contributed by atoms with E-state index in [0.717, 1.165) is 21.6 Å². The van der Waals surface area contributed by atoms with E-state index in [4.69, 9.17) is 19.9 Å². The minimum atomic E-state index is -1.13. The number of pyridine rings is 1. The van der Waals surface area contributed by atoms with Gasteiger partial charge < -0.3 is 30.6 Å². The molecule has 12 heteroatoms. The summed E-state index contributed by atoms with van der Waals surface area (Å²) in [6, 6.07) is 24.2. The van der Waals surface area contributed by atoms with Crippen LogP contribution in [0.3, 0.4) is 0 Å². The molecule has 1 aromatic heterocycles. The molecule has 0 fully saturated rings. The number of hydrogen-bond donors (Lipinski definition) is 3. The van der Waals surface area contributed by atoms with E-state index in [0.29, 0.717) is 29.9 Å². The predicted molar refractivity (Wildman–Crippen MR) is 196 cm³/mol. The van der Waals surface area contributed by atoms with Gasteiger partial charge in [0.2, 0.25) is 0 Å². The summed E-state index contributed by atoms with van der Waals surface area (Å²) in [5.41, 5.74) is 9.03. The minimum Gasteiger partial charge on any atom is -0.494 e. The number of nitrogens with two attached hydrogens (primary N) is 1. The van der Waals surface area contributed by atoms with Crippen molar-refractivity contribution < 1.29 is 33.4 Å². The molecule has 274 valence electrons. The average Bonchev–Trinajstić information content (AvgIpc) is 3.13. The van der Waals surface area contributed by atoms with Gasteiger partial charge in [0, 0.05) is 31.9 Å². The number of esters is 1. The van der Waals surface area contributed by atoms with E-state index in [1.165, 1.54) is 0 Å². The molecule has 0 unspecified atom stereocenters. The fourth-order valence-corrected chi connectivity index (χ4v) is 5.13. The van der Waals surface area contributed by atoms with Crippen LogP contribution in [0.2, 0.25) is 0 Å². The highest BCUT2D eigenvalue weighted by atomic mass is 16.6. The van der Waals surface area contributed by atoms with Crippen LogP contribution in [-0.4, -0.2) is 58.7 Å². The first-order valence-electron chi connectivity index (χ1n) is 17.2. The lowest BCUT2D eigenvalue weighted by atomic mass is 10.0. The molecule has 12 nitrogen and oxygen atoms in total. The Labute approximate surface area is 304 Å². The smallest absolute Gasteiger partial charge is 0.408 e. The zero-order chi connectivity index (χ0) is 37.5. The van der Waals surface area contributed by atoms with Gasteiger partial charge in [-0.2, -0.15) is 0 Å². The van der Waals surface area contributed by atoms with Crippen molar-refractivity contribution >= 4 is 24.0 Å². The highest BCUT2D eigenvalue weighted by Gasteiger charge is 2.32. The summed E-state index contributed by atoms with van der Waals surface area (Å²) >= 11 is 0. The Balaban J connectivity index is 1.47. The number of hydrogen-bond acceptors (Lipinski definition) is 9. The van der Waals surface area contributed by atoms with Gasteiger partial charge in [0.1, 0.15) is 30.0 Å². The van der Waals surface area contributed by atoms with E-state index in [1.807, 2.05) is 43.3 Å². The number of alkyl carbamates (subject to hydrolysis) is 1. The molecule has 1 heterocycles. The summed E-state index contributed by atoms with van der Waals surface area (Å²) in [5, 5.41) is 5.51. The van der Waals surface area contributed by atoms with Crippen LogP contribution in [0.4, 0.5) is 9.59 Å². The lowest BCUT2D eigenvalue weighted by molar-refractivity contribution is -0.146. The number of imide groups is 1. The Morgan fingerprint density at radius 2 is 1.52 bits per heavy atom. The maximum atomic E-state index is 14.2. The lowest BCUT2D eigenvalue weighted by Crippen LogP contribution is -2.55. The molecule has 3 aromatic carbocycles. The molecule has 52 heavy (non-hydrogen) atoms. The lowest BCUT2D eigenvalue weighted by Gasteiger charge is -2.28. The third-order valence-corrected chi connectivity index (χ3v) is 7.78. The normalized spacial score (nSPS) is 12.2. The Bertz CT molecular complexity index is 1750. The number of amides is 4. The topological polar surface area (TPSA) is 162 Å². The van der Waals surface area contributed by atoms with Crippen molar-refractivity contribution in [3.05, 3.63) is 131 Å². The van der Waals surface area contributed by atoms with Gasteiger partial charge in [0.05, 0.1) is 6.61 Å². The number of nitrogens with zero attached hydrogens (tertiary/aromatic N) is 2. The van der Waals surface area contributed by atoms with Gasteiger partial charge in [0.25, 0.3) is 5.91 Å². The van der Waals surface area contributed by atoms with Gasteiger partial charge in [-0.3, -0.25) is 14.7 Å². The molecule has 4 amide bonds. The van der Waals surface area contributed by atoms with Crippen molar-refractivity contribution in [1.29, 1.82) is 0 Å². The van der Waals surface area contributed by atoms with Crippen LogP contribution in [0.25, 0.3) is 0 Å². The SMILES string of the molecule is CCOc1ccc(C[C@@H](NC(=O)OC(C)(C)C)C(=O)N(CCc2cccnc2)C(=O)NCc2ccc([C@H](N)C(=O)OCc3ccccc3)cc2)cc1. The zero-order valence-electron chi connectivity index (χ0n) is 30.0. The summed E-state index contributed by atoms with van der Waals surface area (Å²) < 4.78 is 16.4. The fourth-order valence-electron chi connectivity index (χ4n) is 5.13. The summed E-state index contributed by atoms with van der Waals surface area (Å²) in [4.78, 5) is 58.7. The molecule has 2 atom stereocenters. The van der Waals surface area contributed by atoms with E-state index in [1.54, 1.807) is 87.8 Å². The first-order valence-corrected chi connectivity index (χ1v) is 17.2. The first-order chi connectivity index (χ1) is 24.9. The summed E-state index contributed by atoms with van der Waals surface area (Å²) in [6.45, 7) is 7.77. The Hall–Kier alpha value is -5.75. The fraction of sp³-hybridized carbons (Fsp3) is 0.325. The van der Waals surface area contributed by atoms with Crippen LogP contribution in [0.1, 0.15) is 61.6 Å². The second kappa shape index (κ2) is 19.0. The van der Waals surface area contributed by atoms with Gasteiger partial charge in [-0.15, -0.1) is 0 Å². The van der Waals surface area contributed by atoms with Crippen LogP contribution < -0.4 is 21.1 Å². The number of rotatable bonds is 15. The van der Waals surface area contributed by atoms with Gasteiger partial charge in [-0.25, -0.2) is 14.4 Å². The van der Waals surface area contributed by atoms with Crippen molar-refractivity contribution in [2.75, 3.05) is 13.2 Å². The molecule has 0 saturated carbocycles. The number of aromatic nitrogens is 1. The van der Waals surface area contributed by atoms with Gasteiger partial charge in [-0.05, 0) is 80.1 Å². The van der Waals surface area contributed by atoms with Crippen LogP contribution in [0.15, 0.2) is 103 Å². The highest BCUT2D eigenvalue weighted by Crippen LogP contribution is 2.17. The molecule has 0 spiro atoms. The Morgan fingerprint density at radius 3 is 2.15 bits per heavy atom. The van der Waals surface area contributed by atoms with Crippen molar-refractivity contribution in [1.82, 2.24) is 20.5 Å². The number of carbonyl (C=O) groups is 4. The van der Waals surface area contributed by atoms with E-state index in [9.17, 15) is 19.2 Å². The average molecular weight is 710 g/mol. The van der Waals surface area contributed by atoms with E-state index < -0.39 is 41.7 Å². The Morgan fingerprint density at radius 1 is 0.846 bits per heavy atom. The minimum absolute atomic E-state index is 0.0189. The maximum absolute atomic E-state index is 14.2. The van der Waals surface area contributed by atoms with Gasteiger partial charge >= 0.3 is 18.1 Å². The Kier molecular flexibility index (Phi) is 14.3. The van der Waals surface area contributed by atoms with Crippen LogP contribution in [0.5, 0.6) is 5.75 Å². The molecule has 0 radical (unpaired) electrons. The number of carbonyl (C=O) groups excluding carboxylic acids is 4. The van der Waals surface area contributed by atoms with Crippen molar-refractivity contribution in [3.63, 3.8) is 0 Å². The number of urea groups is 1. The molecule has 0 aliphatic carbocycles. The van der Waals surface area contributed by atoms with E-state index >= 15 is 0 Å². The third-order valence-electron chi connectivity index (χ3n) is 7.78. The molecule has 4 N–H and O–H groups in total. The first kappa shape index (κ1) is 39.0. The molecule has 0 aliphatic rings. The summed E-state index contributed by atoms with van der Waals surface area (Å²) in [5.74, 6) is -0.506. The largest absolute Gasteiger partial charge is 0.494 e. The van der Waals surface area contributed by atoms with E-state index in [2.05, 4.69) is 15.6 Å². The molecular formula is C40H47N5O7. The van der Waals surface area contributed by atoms with Gasteiger partial charge in [-0.1, -0.05) is 72.8 Å². The quantitative estimate of drug-likeness (QED) is 0.133. The number of benzene rings is 3. The highest BCUT2D eigenvalue weighted by molar-refractivity contribution is 5.98. The molecular weight excluding hydrogens is 662 g/mol. The monoisotopic (exact) mass is 709 g/mol. The molecule has 4 rings (SSSR count). The zero-order valence-corrected chi connectivity index (χ0v) is 30.0. The molecule has 0 aliphatic heterocycles. The van der Waals surface area contributed by atoms with Crippen molar-refractivity contribution in [2.24, 2.45) is 5.73 Å². The molecule has 0 bridgehead atoms. The van der Waals surface area contributed by atoms with Crippen LogP contribution >= 0.6 is 0 Å². The molecule has 4 aromatic rings. The second-order valence-electron chi connectivity index (χ2n) is 13.1. The van der Waals surface area contributed by atoms with Crippen LogP contribution in [-0.2, 0) is 45.1 Å². The van der Waals surface area contributed by atoms with Crippen LogP contribution in [0, 0.1) is 0 Å². The number of ether oxygens (including phenoxy) is 3. The second-order valence-corrected chi connectivity index (χ2v) is 13.1. The third kappa shape index (κ3) is 12.5. The van der Waals surface area contributed by atoms with E-state index in [-0.39, 0.29) is 26.1 Å². The number of nitrogens with one attached hydrogen (secondary N) is 2. The standard InChI is InChI=1S/C40H47N5O7/c1-5-50-33-19-15-28(16-20-33)24-34(44-39(49)52-40(2,3)4)36(46)45(23-21-29-12-9-22-42-25-29)38(48)43-26-30-13-17-32(18-14-30)35(41)37(47)51-27-31-10-7-6-8-11-31/h6-20,22,25,34-35H,5,21,23-24,26-27,41H2,1-4H3,(H,43,48)(H,44,49)/t34-,35+/m1/s1. The van der Waals surface area contributed by atoms with Gasteiger partial charge in [0.15, 0.2) is 0 Å². The van der Waals surface area contributed by atoms with Crippen molar-refractivity contribution in [2.45, 2.75) is 71.4 Å². The molecule has 0 saturated heterocycles. The summed E-state index contributed by atoms with van der Waals surface area (Å²) in [6.07, 6.45) is 2.95. The van der Waals surface area contributed by atoms with Crippen molar-refractivity contribution in [3.8, 4) is 5.75 Å².